The van der Waals surface area contributed by atoms with Crippen LogP contribution in [0, 0.1) is 5.92 Å². The van der Waals surface area contributed by atoms with Crippen LogP contribution in [-0.2, 0) is 0 Å². The molecule has 0 saturated carbocycles. The molecular weight excluding hydrogens is 208 g/mol. The van der Waals surface area contributed by atoms with E-state index in [1.165, 1.54) is 0 Å². The zero-order valence-corrected chi connectivity index (χ0v) is 8.95. The van der Waals surface area contributed by atoms with E-state index < -0.39 is 6.10 Å². The Morgan fingerprint density at radius 2 is 2.38 bits per heavy atom. The van der Waals surface area contributed by atoms with E-state index in [0.717, 1.165) is 13.0 Å². The number of β-amino-alcohol motifs (C(OH)–C–C–N with tert-alkyl or cyclic N) is 1. The minimum atomic E-state index is -0.538. The Morgan fingerprint density at radius 1 is 1.56 bits per heavy atom. The summed E-state index contributed by atoms with van der Waals surface area (Å²) in [5.41, 5.74) is 5.57. The van der Waals surface area contributed by atoms with Crippen molar-refractivity contribution in [1.82, 2.24) is 9.97 Å². The molecule has 2 atom stereocenters. The highest BCUT2D eigenvalue weighted by molar-refractivity contribution is 5.38. The first-order valence-electron chi connectivity index (χ1n) is 5.33. The summed E-state index contributed by atoms with van der Waals surface area (Å²) >= 11 is 0. The van der Waals surface area contributed by atoms with Crippen LogP contribution >= 0.6 is 0 Å². The van der Waals surface area contributed by atoms with Gasteiger partial charge in [-0.1, -0.05) is 0 Å². The summed E-state index contributed by atoms with van der Waals surface area (Å²) in [4.78, 5) is 10.1. The van der Waals surface area contributed by atoms with E-state index in [9.17, 15) is 5.11 Å². The van der Waals surface area contributed by atoms with Crippen LogP contribution in [0.4, 0.5) is 11.8 Å². The first-order valence-corrected chi connectivity index (χ1v) is 5.33. The molecule has 2 rings (SSSR count). The summed E-state index contributed by atoms with van der Waals surface area (Å²) in [6.45, 7) is 1.19. The molecule has 1 aliphatic rings. The second-order valence-corrected chi connectivity index (χ2v) is 4.03. The lowest BCUT2D eigenvalue weighted by Crippen LogP contribution is -2.45. The summed E-state index contributed by atoms with van der Waals surface area (Å²) < 4.78 is 0. The number of hydrogen-bond acceptors (Lipinski definition) is 6. The van der Waals surface area contributed by atoms with Gasteiger partial charge in [-0.25, -0.2) is 4.98 Å². The molecule has 4 N–H and O–H groups in total. The van der Waals surface area contributed by atoms with Crippen LogP contribution in [-0.4, -0.2) is 46.0 Å². The van der Waals surface area contributed by atoms with Gasteiger partial charge in [0.25, 0.3) is 0 Å². The van der Waals surface area contributed by atoms with Crippen molar-refractivity contribution < 1.29 is 10.2 Å². The Morgan fingerprint density at radius 3 is 3.00 bits per heavy atom. The van der Waals surface area contributed by atoms with Crippen LogP contribution < -0.4 is 10.6 Å². The second kappa shape index (κ2) is 4.63. The minimum Gasteiger partial charge on any atom is -0.396 e. The molecule has 6 nitrogen and oxygen atoms in total. The Hall–Kier alpha value is -1.40. The number of aliphatic hydroxyl groups is 2. The third-order valence-corrected chi connectivity index (χ3v) is 2.90. The molecule has 1 fully saturated rings. The molecule has 0 radical (unpaired) electrons. The van der Waals surface area contributed by atoms with Crippen LogP contribution in [0.25, 0.3) is 0 Å². The monoisotopic (exact) mass is 224 g/mol. The van der Waals surface area contributed by atoms with Gasteiger partial charge in [-0.15, -0.1) is 0 Å². The quantitative estimate of drug-likeness (QED) is 0.611. The number of rotatable bonds is 2. The van der Waals surface area contributed by atoms with Gasteiger partial charge in [0, 0.05) is 31.8 Å². The molecule has 88 valence electrons. The van der Waals surface area contributed by atoms with Gasteiger partial charge in [-0.05, 0) is 12.5 Å². The Kier molecular flexibility index (Phi) is 3.21. The van der Waals surface area contributed by atoms with Crippen molar-refractivity contribution in [3.8, 4) is 0 Å². The maximum absolute atomic E-state index is 9.78. The lowest BCUT2D eigenvalue weighted by atomic mass is 9.95. The van der Waals surface area contributed by atoms with Crippen molar-refractivity contribution in [2.45, 2.75) is 12.5 Å². The van der Waals surface area contributed by atoms with E-state index in [4.69, 9.17) is 10.8 Å². The molecule has 6 heteroatoms. The molecule has 1 aromatic heterocycles. The Balaban J connectivity index is 2.07. The number of nitrogens with zero attached hydrogens (tertiary/aromatic N) is 3. The number of piperidine rings is 1. The van der Waals surface area contributed by atoms with Gasteiger partial charge in [-0.3, -0.25) is 0 Å². The van der Waals surface area contributed by atoms with E-state index in [1.807, 2.05) is 4.90 Å². The molecule has 0 spiro atoms. The van der Waals surface area contributed by atoms with E-state index in [1.54, 1.807) is 12.3 Å². The van der Waals surface area contributed by atoms with Crippen molar-refractivity contribution >= 4 is 11.8 Å². The highest BCUT2D eigenvalue weighted by Gasteiger charge is 2.28. The van der Waals surface area contributed by atoms with Gasteiger partial charge in [0.05, 0.1) is 6.10 Å². The van der Waals surface area contributed by atoms with Crippen molar-refractivity contribution in [3.63, 3.8) is 0 Å². The van der Waals surface area contributed by atoms with Crippen LogP contribution in [0.3, 0.4) is 0 Å². The predicted molar refractivity (Wildman–Crippen MR) is 59.9 cm³/mol. The van der Waals surface area contributed by atoms with E-state index in [-0.39, 0.29) is 12.5 Å². The zero-order chi connectivity index (χ0) is 11.5. The maximum Gasteiger partial charge on any atom is 0.227 e. The van der Waals surface area contributed by atoms with Crippen molar-refractivity contribution in [2.75, 3.05) is 30.3 Å². The number of anilines is 2. The van der Waals surface area contributed by atoms with Crippen LogP contribution in [0.5, 0.6) is 0 Å². The molecular formula is C10H16N4O2. The van der Waals surface area contributed by atoms with Crippen LogP contribution in [0.1, 0.15) is 6.42 Å². The van der Waals surface area contributed by atoms with Crippen LogP contribution in [0.2, 0.25) is 0 Å². The van der Waals surface area contributed by atoms with Gasteiger partial charge >= 0.3 is 0 Å². The van der Waals surface area contributed by atoms with Gasteiger partial charge in [0.2, 0.25) is 5.95 Å². The van der Waals surface area contributed by atoms with Gasteiger partial charge in [-0.2, -0.15) is 4.98 Å². The van der Waals surface area contributed by atoms with Crippen molar-refractivity contribution in [1.29, 1.82) is 0 Å². The number of aromatic nitrogens is 2. The summed E-state index contributed by atoms with van der Waals surface area (Å²) in [7, 11) is 0. The van der Waals surface area contributed by atoms with Crippen molar-refractivity contribution in [3.05, 3.63) is 12.3 Å². The van der Waals surface area contributed by atoms with Crippen LogP contribution in [0.15, 0.2) is 12.3 Å². The normalized spacial score (nSPS) is 25.8. The molecule has 16 heavy (non-hydrogen) atoms. The average molecular weight is 224 g/mol. The van der Waals surface area contributed by atoms with Gasteiger partial charge in [0.1, 0.15) is 5.82 Å². The molecule has 1 aromatic rings. The lowest BCUT2D eigenvalue weighted by Gasteiger charge is -2.35. The highest BCUT2D eigenvalue weighted by atomic mass is 16.3. The number of aliphatic hydroxyl groups excluding tert-OH is 2. The third-order valence-electron chi connectivity index (χ3n) is 2.90. The molecule has 0 amide bonds. The highest BCUT2D eigenvalue weighted by Crippen LogP contribution is 2.20. The third kappa shape index (κ3) is 2.23. The standard InChI is InChI=1S/C10H16N4O2/c11-9-1-3-12-10(13-9)14-4-2-7(6-15)8(16)5-14/h1,3,7-8,15-16H,2,4-6H2,(H2,11,12,13)/t7-,8+/m1/s1. The van der Waals surface area contributed by atoms with E-state index in [0.29, 0.717) is 18.3 Å². The predicted octanol–water partition coefficient (Wildman–Crippen LogP) is -0.762. The largest absolute Gasteiger partial charge is 0.396 e. The summed E-state index contributed by atoms with van der Waals surface area (Å²) in [6.07, 6.45) is 1.79. The maximum atomic E-state index is 9.78. The molecule has 0 aromatic carbocycles. The second-order valence-electron chi connectivity index (χ2n) is 4.03. The summed E-state index contributed by atoms with van der Waals surface area (Å²) in [5.74, 6) is 0.913. The Labute approximate surface area is 93.7 Å². The van der Waals surface area contributed by atoms with Gasteiger partial charge in [0.15, 0.2) is 0 Å². The lowest BCUT2D eigenvalue weighted by molar-refractivity contribution is 0.0544. The number of nitrogen functional groups attached to an aromatic ring is 1. The summed E-state index contributed by atoms with van der Waals surface area (Å²) in [6, 6.07) is 1.63. The molecule has 0 unspecified atom stereocenters. The first kappa shape index (κ1) is 11.1. The average Bonchev–Trinajstić information content (AvgIpc) is 2.29. The fourth-order valence-electron chi connectivity index (χ4n) is 1.89. The SMILES string of the molecule is Nc1ccnc(N2CC[C@H](CO)[C@@H](O)C2)n1. The summed E-state index contributed by atoms with van der Waals surface area (Å²) in [5, 5.41) is 18.8. The fraction of sp³-hybridized carbons (Fsp3) is 0.600. The minimum absolute atomic E-state index is 0.0206. The molecule has 1 saturated heterocycles. The topological polar surface area (TPSA) is 95.5 Å². The fourth-order valence-corrected chi connectivity index (χ4v) is 1.89. The number of nitrogens with two attached hydrogens (primary N) is 1. The van der Waals surface area contributed by atoms with Crippen molar-refractivity contribution in [2.24, 2.45) is 5.92 Å². The first-order chi connectivity index (χ1) is 7.70. The van der Waals surface area contributed by atoms with E-state index >= 15 is 0 Å². The molecule has 2 heterocycles. The number of hydrogen-bond donors (Lipinski definition) is 3. The molecule has 1 aliphatic heterocycles. The van der Waals surface area contributed by atoms with Gasteiger partial charge < -0.3 is 20.8 Å². The Bertz CT molecular complexity index is 360. The molecule has 0 bridgehead atoms. The van der Waals surface area contributed by atoms with E-state index in [2.05, 4.69) is 9.97 Å². The zero-order valence-electron chi connectivity index (χ0n) is 8.95. The molecule has 0 aliphatic carbocycles. The smallest absolute Gasteiger partial charge is 0.227 e.